The van der Waals surface area contributed by atoms with E-state index in [1.165, 1.54) is 25.7 Å². The summed E-state index contributed by atoms with van der Waals surface area (Å²) >= 11 is 0. The van der Waals surface area contributed by atoms with Gasteiger partial charge in [-0.05, 0) is 57.8 Å². The molecule has 1 aliphatic heterocycles. The monoisotopic (exact) mass is 404 g/mol. The first-order chi connectivity index (χ1) is 5.70. The van der Waals surface area contributed by atoms with Gasteiger partial charge in [-0.15, -0.1) is 0 Å². The average Bonchev–Trinajstić information content (AvgIpc) is 2.42. The number of fused-ring (bicyclic) bond motifs is 1. The molecule has 0 bridgehead atoms. The molecule has 0 aromatic carbocycles. The van der Waals surface area contributed by atoms with Crippen LogP contribution in [0.3, 0.4) is 0 Å². The Morgan fingerprint density at radius 1 is 1.29 bits per heavy atom. The fourth-order valence-electron chi connectivity index (χ4n) is 2.81. The summed E-state index contributed by atoms with van der Waals surface area (Å²) in [5.41, 5.74) is 0.133. The summed E-state index contributed by atoms with van der Waals surface area (Å²) < 4.78 is 5.88. The predicted octanol–water partition coefficient (Wildman–Crippen LogP) is -0.193. The molecule has 0 amide bonds. The van der Waals surface area contributed by atoms with E-state index in [9.17, 15) is 0 Å². The molecule has 2 radical (unpaired) electrons. The second-order valence-corrected chi connectivity index (χ2v) is 4.68. The summed E-state index contributed by atoms with van der Waals surface area (Å²) in [5, 5.41) is 0. The van der Waals surface area contributed by atoms with Crippen LogP contribution in [0.1, 0.15) is 39.5 Å². The first kappa shape index (κ1) is 15.2. The number of ether oxygens (including phenoxy) is 1. The molecule has 1 nitrogen and oxygen atoms in total. The van der Waals surface area contributed by atoms with Crippen molar-refractivity contribution in [3.8, 4) is 0 Å². The summed E-state index contributed by atoms with van der Waals surface area (Å²) in [7, 11) is 0. The van der Waals surface area contributed by atoms with E-state index in [2.05, 4.69) is 20.3 Å². The summed E-state index contributed by atoms with van der Waals surface area (Å²) in [5.74, 6) is 1.64. The molecule has 2 fully saturated rings. The molecule has 1 saturated heterocycles. The maximum atomic E-state index is 5.88. The van der Waals surface area contributed by atoms with Crippen LogP contribution in [-0.4, -0.2) is 12.2 Å². The zero-order valence-electron chi connectivity index (χ0n) is 9.26. The third kappa shape index (κ3) is 3.09. The smallest absolute Gasteiger partial charge is 1.00 e. The fourth-order valence-corrected chi connectivity index (χ4v) is 2.81. The van der Waals surface area contributed by atoms with Crippen molar-refractivity contribution in [2.75, 3.05) is 6.61 Å². The Morgan fingerprint density at radius 3 is 2.71 bits per heavy atom. The van der Waals surface area contributed by atoms with Crippen LogP contribution in [-0.2, 0) is 32.4 Å². The van der Waals surface area contributed by atoms with Gasteiger partial charge in [-0.25, -0.2) is 0 Å². The van der Waals surface area contributed by atoms with E-state index < -0.39 is 0 Å². The van der Waals surface area contributed by atoms with Crippen molar-refractivity contribution in [3.63, 3.8) is 0 Å². The Balaban J connectivity index is 0.000000845. The topological polar surface area (TPSA) is 9.23 Å². The molecule has 14 heavy (non-hydrogen) atoms. The summed E-state index contributed by atoms with van der Waals surface area (Å²) in [6, 6.07) is 0. The molecule has 0 aromatic heterocycles. The number of hydrogen-bond acceptors (Lipinski definition) is 1. The molecule has 1 heterocycles. The molecule has 2 atom stereocenters. The minimum atomic E-state index is 0. The van der Waals surface area contributed by atoms with E-state index in [1.54, 1.807) is 0 Å². The third-order valence-corrected chi connectivity index (χ3v) is 3.51. The van der Waals surface area contributed by atoms with E-state index in [0.29, 0.717) is 0 Å². The van der Waals surface area contributed by atoms with E-state index in [0.717, 1.165) is 18.4 Å². The van der Waals surface area contributed by atoms with Gasteiger partial charge < -0.3 is 17.1 Å². The number of hydrogen-bond donors (Lipinski definition) is 0. The van der Waals surface area contributed by atoms with Crippen molar-refractivity contribution in [1.29, 1.82) is 0 Å². The van der Waals surface area contributed by atoms with Crippen molar-refractivity contribution >= 4 is 0 Å². The Hall–Kier alpha value is 1.19. The normalized spacial score (nSPS) is 34.7. The zero-order valence-corrected chi connectivity index (χ0v) is 15.5. The average molecular weight is 403 g/mol. The van der Waals surface area contributed by atoms with Crippen LogP contribution in [0.15, 0.2) is 0 Å². The van der Waals surface area contributed by atoms with E-state index in [1.807, 2.05) is 0 Å². The molecule has 0 aromatic rings. The van der Waals surface area contributed by atoms with E-state index in [4.69, 9.17) is 4.74 Å². The van der Waals surface area contributed by atoms with E-state index >= 15 is 0 Å². The number of rotatable bonds is 0. The van der Waals surface area contributed by atoms with Crippen LogP contribution < -0.4 is 12.4 Å². The Kier molecular flexibility index (Phi) is 6.56. The Labute approximate surface area is 114 Å². The van der Waals surface area contributed by atoms with Gasteiger partial charge in [0, 0.05) is 6.61 Å². The van der Waals surface area contributed by atoms with Gasteiger partial charge in [-0.3, -0.25) is 0 Å². The summed E-state index contributed by atoms with van der Waals surface area (Å²) in [6.45, 7) is 5.48. The van der Waals surface area contributed by atoms with Gasteiger partial charge in [0.25, 0.3) is 0 Å². The predicted molar refractivity (Wildman–Crippen MR) is 49.8 cm³/mol. The number of halogens is 1. The third-order valence-electron chi connectivity index (χ3n) is 3.51. The molecular weight excluding hydrogens is 384 g/mol. The molecular formula is C11H19ClHgO. The van der Waals surface area contributed by atoms with Crippen molar-refractivity contribution in [3.05, 3.63) is 6.42 Å². The zero-order chi connectivity index (χ0) is 8.60. The van der Waals surface area contributed by atoms with Crippen molar-refractivity contribution in [1.82, 2.24) is 0 Å². The van der Waals surface area contributed by atoms with Crippen molar-refractivity contribution in [2.24, 2.45) is 11.8 Å². The van der Waals surface area contributed by atoms with Gasteiger partial charge in [0.2, 0.25) is 0 Å². The molecule has 78 valence electrons. The maximum Gasteiger partial charge on any atom is 1.00 e. The van der Waals surface area contributed by atoms with Crippen LogP contribution in [0.4, 0.5) is 0 Å². The Bertz CT molecular complexity index is 173. The second-order valence-electron chi connectivity index (χ2n) is 4.68. The van der Waals surface area contributed by atoms with E-state index in [-0.39, 0.29) is 45.7 Å². The largest absolute Gasteiger partial charge is 1.00 e. The SMILES string of the molecule is CC1(C)OCCC[C@H]2[CH]CC[C@@H]21.[Cl-].[Hg+]. The standard InChI is InChI=1S/C11H19O.ClH.Hg/c1-11(2)10-7-3-5-9(10)6-4-8-12-11;;/h5,9-10H,3-4,6-8H2,1-2H3;1H;/q;;+1/p-1/t9-,10+;;/m1../s1. The second kappa shape index (κ2) is 6.05. The minimum Gasteiger partial charge on any atom is -1.00 e. The van der Waals surface area contributed by atoms with Crippen molar-refractivity contribution in [2.45, 2.75) is 45.1 Å². The summed E-state index contributed by atoms with van der Waals surface area (Å²) in [6.07, 6.45) is 7.77. The Morgan fingerprint density at radius 2 is 2.00 bits per heavy atom. The molecule has 2 rings (SSSR count). The fraction of sp³-hybridized carbons (Fsp3) is 0.909. The van der Waals surface area contributed by atoms with Crippen LogP contribution in [0, 0.1) is 18.3 Å². The first-order valence-corrected chi connectivity index (χ1v) is 5.17. The molecule has 0 spiro atoms. The summed E-state index contributed by atoms with van der Waals surface area (Å²) in [4.78, 5) is 0. The van der Waals surface area contributed by atoms with Crippen molar-refractivity contribution < 1.29 is 44.8 Å². The van der Waals surface area contributed by atoms with Gasteiger partial charge in [-0.1, -0.05) is 0 Å². The molecule has 0 N–H and O–H groups in total. The van der Waals surface area contributed by atoms with Gasteiger partial charge in [0.1, 0.15) is 0 Å². The quantitative estimate of drug-likeness (QED) is 0.510. The van der Waals surface area contributed by atoms with Gasteiger partial charge in [0.05, 0.1) is 5.60 Å². The first-order valence-electron chi connectivity index (χ1n) is 5.17. The molecule has 1 saturated carbocycles. The van der Waals surface area contributed by atoms with Crippen LogP contribution >= 0.6 is 0 Å². The van der Waals surface area contributed by atoms with Crippen LogP contribution in [0.25, 0.3) is 0 Å². The van der Waals surface area contributed by atoms with Crippen LogP contribution in [0.2, 0.25) is 0 Å². The molecule has 3 heteroatoms. The molecule has 0 unspecified atom stereocenters. The molecule has 1 aliphatic carbocycles. The van der Waals surface area contributed by atoms with Gasteiger partial charge in [-0.2, -0.15) is 0 Å². The van der Waals surface area contributed by atoms with Crippen LogP contribution in [0.5, 0.6) is 0 Å². The van der Waals surface area contributed by atoms with Gasteiger partial charge >= 0.3 is 27.7 Å². The maximum absolute atomic E-state index is 5.88. The minimum absolute atomic E-state index is 0. The van der Waals surface area contributed by atoms with Gasteiger partial charge in [0.15, 0.2) is 0 Å². The molecule has 2 aliphatic rings.